The van der Waals surface area contributed by atoms with Gasteiger partial charge in [-0.3, -0.25) is 15.1 Å². The summed E-state index contributed by atoms with van der Waals surface area (Å²) < 4.78 is 0. The highest BCUT2D eigenvalue weighted by atomic mass is 16.3. The predicted octanol–water partition coefficient (Wildman–Crippen LogP) is 1.13. The summed E-state index contributed by atoms with van der Waals surface area (Å²) in [6.07, 6.45) is 3.74. The van der Waals surface area contributed by atoms with E-state index in [0.29, 0.717) is 6.04 Å². The first-order valence-electron chi connectivity index (χ1n) is 7.60. The number of nitrogens with zero attached hydrogens (tertiary/aromatic N) is 1. The molecule has 4 N–H and O–H groups in total. The van der Waals surface area contributed by atoms with Crippen LogP contribution in [0.25, 0.3) is 0 Å². The average molecular weight is 291 g/mol. The summed E-state index contributed by atoms with van der Waals surface area (Å²) in [7, 11) is 0. The number of nitrogens with two attached hydrogens (primary N) is 1. The van der Waals surface area contributed by atoms with Gasteiger partial charge in [-0.25, -0.2) is 5.84 Å². The van der Waals surface area contributed by atoms with Crippen molar-refractivity contribution in [3.05, 3.63) is 35.4 Å². The zero-order valence-electron chi connectivity index (χ0n) is 12.6. The summed E-state index contributed by atoms with van der Waals surface area (Å²) in [5, 5.41) is 9.19. The van der Waals surface area contributed by atoms with E-state index in [1.165, 1.54) is 24.8 Å². The SMILES string of the molecule is CC(C(=O)NN)c1ccc(CN(CCO)C2CCC2)cc1. The fraction of sp³-hybridized carbons (Fsp3) is 0.562. The minimum absolute atomic E-state index is 0.181. The Morgan fingerprint density at radius 2 is 2.10 bits per heavy atom. The van der Waals surface area contributed by atoms with Gasteiger partial charge in [-0.2, -0.15) is 0 Å². The Kier molecular flexibility index (Phi) is 5.73. The highest BCUT2D eigenvalue weighted by Gasteiger charge is 2.24. The Bertz CT molecular complexity index is 457. The smallest absolute Gasteiger partial charge is 0.241 e. The van der Waals surface area contributed by atoms with Gasteiger partial charge >= 0.3 is 0 Å². The second-order valence-corrected chi connectivity index (χ2v) is 5.75. The molecule has 1 atom stereocenters. The number of amides is 1. The van der Waals surface area contributed by atoms with E-state index in [1.807, 2.05) is 19.1 Å². The highest BCUT2D eigenvalue weighted by Crippen LogP contribution is 2.26. The fourth-order valence-corrected chi connectivity index (χ4v) is 2.69. The van der Waals surface area contributed by atoms with Gasteiger partial charge in [-0.05, 0) is 30.9 Å². The number of aliphatic hydroxyl groups is 1. The summed E-state index contributed by atoms with van der Waals surface area (Å²) in [5.74, 6) is 4.74. The van der Waals surface area contributed by atoms with Crippen LogP contribution < -0.4 is 11.3 Å². The van der Waals surface area contributed by atoms with Crippen LogP contribution in [0, 0.1) is 0 Å². The Balaban J connectivity index is 1.99. The van der Waals surface area contributed by atoms with Gasteiger partial charge in [0.05, 0.1) is 12.5 Å². The third-order valence-corrected chi connectivity index (χ3v) is 4.38. The molecule has 0 spiro atoms. The van der Waals surface area contributed by atoms with E-state index in [2.05, 4.69) is 22.5 Å². The lowest BCUT2D eigenvalue weighted by Crippen LogP contribution is -2.41. The molecule has 0 saturated heterocycles. The van der Waals surface area contributed by atoms with Crippen LogP contribution in [0.15, 0.2) is 24.3 Å². The van der Waals surface area contributed by atoms with Gasteiger partial charge in [0.15, 0.2) is 0 Å². The van der Waals surface area contributed by atoms with E-state index in [-0.39, 0.29) is 18.4 Å². The summed E-state index contributed by atoms with van der Waals surface area (Å²) in [6.45, 7) is 3.60. The maximum absolute atomic E-state index is 11.5. The van der Waals surface area contributed by atoms with Gasteiger partial charge < -0.3 is 5.11 Å². The van der Waals surface area contributed by atoms with Crippen molar-refractivity contribution in [2.24, 2.45) is 5.84 Å². The normalized spacial score (nSPS) is 16.6. The molecule has 2 rings (SSSR count). The Morgan fingerprint density at radius 3 is 2.57 bits per heavy atom. The molecule has 0 aromatic heterocycles. The number of hydrogen-bond acceptors (Lipinski definition) is 4. The Morgan fingerprint density at radius 1 is 1.43 bits per heavy atom. The van der Waals surface area contributed by atoms with E-state index in [0.717, 1.165) is 18.7 Å². The molecule has 1 aliphatic rings. The van der Waals surface area contributed by atoms with Crippen molar-refractivity contribution in [2.45, 2.75) is 44.7 Å². The van der Waals surface area contributed by atoms with Crippen LogP contribution in [0.2, 0.25) is 0 Å². The monoisotopic (exact) mass is 291 g/mol. The van der Waals surface area contributed by atoms with Crippen LogP contribution >= 0.6 is 0 Å². The number of aliphatic hydroxyl groups excluding tert-OH is 1. The molecule has 116 valence electrons. The number of hydrogen-bond donors (Lipinski definition) is 3. The van der Waals surface area contributed by atoms with E-state index < -0.39 is 0 Å². The van der Waals surface area contributed by atoms with Crippen molar-refractivity contribution in [1.29, 1.82) is 0 Å². The molecular weight excluding hydrogens is 266 g/mol. The predicted molar refractivity (Wildman–Crippen MR) is 82.3 cm³/mol. The van der Waals surface area contributed by atoms with Crippen LogP contribution in [-0.4, -0.2) is 35.1 Å². The molecule has 1 saturated carbocycles. The molecular formula is C16H25N3O2. The highest BCUT2D eigenvalue weighted by molar-refractivity contribution is 5.82. The van der Waals surface area contributed by atoms with E-state index in [9.17, 15) is 9.90 Å². The quantitative estimate of drug-likeness (QED) is 0.400. The summed E-state index contributed by atoms with van der Waals surface area (Å²) in [5.41, 5.74) is 4.35. The molecule has 0 radical (unpaired) electrons. The molecule has 1 fully saturated rings. The van der Waals surface area contributed by atoms with Crippen molar-refractivity contribution >= 4 is 5.91 Å². The van der Waals surface area contributed by atoms with E-state index >= 15 is 0 Å². The fourth-order valence-electron chi connectivity index (χ4n) is 2.69. The first kappa shape index (κ1) is 15.9. The van der Waals surface area contributed by atoms with Gasteiger partial charge in [-0.15, -0.1) is 0 Å². The summed E-state index contributed by atoms with van der Waals surface area (Å²) >= 11 is 0. The second-order valence-electron chi connectivity index (χ2n) is 5.75. The molecule has 5 heteroatoms. The maximum Gasteiger partial charge on any atom is 0.241 e. The summed E-state index contributed by atoms with van der Waals surface area (Å²) in [4.78, 5) is 13.9. The molecule has 0 bridgehead atoms. The average Bonchev–Trinajstić information content (AvgIpc) is 2.45. The zero-order chi connectivity index (χ0) is 15.2. The number of hydrazine groups is 1. The minimum Gasteiger partial charge on any atom is -0.395 e. The van der Waals surface area contributed by atoms with E-state index in [4.69, 9.17) is 5.84 Å². The van der Waals surface area contributed by atoms with Crippen LogP contribution in [0.3, 0.4) is 0 Å². The molecule has 1 aromatic carbocycles. The molecule has 1 aliphatic carbocycles. The zero-order valence-corrected chi connectivity index (χ0v) is 12.6. The molecule has 21 heavy (non-hydrogen) atoms. The van der Waals surface area contributed by atoms with Crippen molar-refractivity contribution < 1.29 is 9.90 Å². The van der Waals surface area contributed by atoms with Crippen LogP contribution in [0.5, 0.6) is 0 Å². The summed E-state index contributed by atoms with van der Waals surface area (Å²) in [6, 6.07) is 8.68. The van der Waals surface area contributed by atoms with Gasteiger partial charge in [0.2, 0.25) is 5.91 Å². The van der Waals surface area contributed by atoms with Crippen molar-refractivity contribution in [1.82, 2.24) is 10.3 Å². The molecule has 1 aromatic rings. The Labute approximate surface area is 126 Å². The van der Waals surface area contributed by atoms with Crippen molar-refractivity contribution in [2.75, 3.05) is 13.2 Å². The van der Waals surface area contributed by atoms with Gasteiger partial charge in [0, 0.05) is 19.1 Å². The standard InChI is InChI=1S/C16H25N3O2/c1-12(16(21)18-17)14-7-5-13(6-8-14)11-19(9-10-20)15-3-2-4-15/h5-8,12,15,20H,2-4,9-11,17H2,1H3,(H,18,21). The van der Waals surface area contributed by atoms with Gasteiger partial charge in [0.25, 0.3) is 0 Å². The molecule has 1 amide bonds. The first-order valence-corrected chi connectivity index (χ1v) is 7.60. The van der Waals surface area contributed by atoms with Crippen LogP contribution in [-0.2, 0) is 11.3 Å². The third kappa shape index (κ3) is 4.03. The van der Waals surface area contributed by atoms with Crippen LogP contribution in [0.1, 0.15) is 43.2 Å². The molecule has 0 heterocycles. The number of benzene rings is 1. The van der Waals surface area contributed by atoms with Crippen molar-refractivity contribution in [3.63, 3.8) is 0 Å². The number of rotatable bonds is 7. The maximum atomic E-state index is 11.5. The van der Waals surface area contributed by atoms with Gasteiger partial charge in [-0.1, -0.05) is 30.7 Å². The lowest BCUT2D eigenvalue weighted by molar-refractivity contribution is -0.122. The van der Waals surface area contributed by atoms with Crippen molar-refractivity contribution in [3.8, 4) is 0 Å². The lowest BCUT2D eigenvalue weighted by Gasteiger charge is -2.37. The Hall–Kier alpha value is -1.43. The number of carbonyl (C=O) groups excluding carboxylic acids is 1. The number of carbonyl (C=O) groups is 1. The first-order chi connectivity index (χ1) is 10.2. The van der Waals surface area contributed by atoms with E-state index in [1.54, 1.807) is 0 Å². The molecule has 5 nitrogen and oxygen atoms in total. The third-order valence-electron chi connectivity index (χ3n) is 4.38. The largest absolute Gasteiger partial charge is 0.395 e. The second kappa shape index (κ2) is 7.54. The molecule has 1 unspecified atom stereocenters. The number of nitrogens with one attached hydrogen (secondary N) is 1. The van der Waals surface area contributed by atoms with Gasteiger partial charge in [0.1, 0.15) is 0 Å². The molecule has 0 aliphatic heterocycles. The minimum atomic E-state index is -0.246. The lowest BCUT2D eigenvalue weighted by atomic mass is 9.91. The topological polar surface area (TPSA) is 78.6 Å². The van der Waals surface area contributed by atoms with Crippen LogP contribution in [0.4, 0.5) is 0 Å².